The van der Waals surface area contributed by atoms with Gasteiger partial charge >= 0.3 is 0 Å². The predicted octanol–water partition coefficient (Wildman–Crippen LogP) is 3.75. The number of aromatic amines is 1. The summed E-state index contributed by atoms with van der Waals surface area (Å²) in [5, 5.41) is 14.8. The summed E-state index contributed by atoms with van der Waals surface area (Å²) in [4.78, 5) is 28.6. The first-order valence-electron chi connectivity index (χ1n) is 9.28. The first kappa shape index (κ1) is 18.2. The minimum atomic E-state index is -0.480. The molecular weight excluding hydrogens is 356 g/mol. The number of nitro benzene ring substituents is 1. The minimum Gasteiger partial charge on any atom is -0.358 e. The zero-order chi connectivity index (χ0) is 19.8. The van der Waals surface area contributed by atoms with Crippen LogP contribution in [0.25, 0.3) is 10.9 Å². The molecule has 0 fully saturated rings. The molecule has 1 unspecified atom stereocenters. The maximum Gasteiger partial charge on any atom is 0.269 e. The van der Waals surface area contributed by atoms with Crippen LogP contribution in [0.15, 0.2) is 42.5 Å². The smallest absolute Gasteiger partial charge is 0.269 e. The second kappa shape index (κ2) is 7.09. The van der Waals surface area contributed by atoms with E-state index in [1.807, 2.05) is 18.2 Å². The number of amides is 1. The van der Waals surface area contributed by atoms with Crippen LogP contribution in [0, 0.1) is 10.1 Å². The van der Waals surface area contributed by atoms with Crippen molar-refractivity contribution in [3.63, 3.8) is 0 Å². The van der Waals surface area contributed by atoms with E-state index in [0.717, 1.165) is 30.2 Å². The Balaban J connectivity index is 1.58. The second-order valence-electron chi connectivity index (χ2n) is 7.46. The van der Waals surface area contributed by atoms with Crippen LogP contribution in [0.3, 0.4) is 0 Å². The predicted molar refractivity (Wildman–Crippen MR) is 109 cm³/mol. The second-order valence-corrected chi connectivity index (χ2v) is 7.46. The van der Waals surface area contributed by atoms with Crippen molar-refractivity contribution in [2.24, 2.45) is 0 Å². The number of aryl methyl sites for hydroxylation is 1. The first-order chi connectivity index (χ1) is 13.4. The van der Waals surface area contributed by atoms with E-state index in [4.69, 9.17) is 0 Å². The number of rotatable bonds is 4. The maximum absolute atomic E-state index is 12.5. The van der Waals surface area contributed by atoms with Crippen LogP contribution >= 0.6 is 0 Å². The van der Waals surface area contributed by atoms with E-state index in [1.165, 1.54) is 35.5 Å². The van der Waals surface area contributed by atoms with E-state index >= 15 is 0 Å². The number of fused-ring (bicyclic) bond motifs is 3. The summed E-state index contributed by atoms with van der Waals surface area (Å²) >= 11 is 0. The summed E-state index contributed by atoms with van der Waals surface area (Å²) in [7, 11) is 4.22. The SMILES string of the molecule is CN(C)C1CCc2[nH]c3ccc(NC(=O)c4ccc([N+](=O)[O-])cc4)cc3c2C1. The Kier molecular flexibility index (Phi) is 4.60. The first-order valence-corrected chi connectivity index (χ1v) is 9.28. The summed E-state index contributed by atoms with van der Waals surface area (Å²) < 4.78 is 0. The van der Waals surface area contributed by atoms with Crippen molar-refractivity contribution in [1.82, 2.24) is 9.88 Å². The molecule has 3 aromatic rings. The van der Waals surface area contributed by atoms with Gasteiger partial charge in [0.1, 0.15) is 0 Å². The molecule has 2 N–H and O–H groups in total. The van der Waals surface area contributed by atoms with Crippen molar-refractivity contribution < 1.29 is 9.72 Å². The van der Waals surface area contributed by atoms with E-state index in [2.05, 4.69) is 29.3 Å². The number of likely N-dealkylation sites (N-methyl/N-ethyl adjacent to an activating group) is 1. The molecule has 1 heterocycles. The number of anilines is 1. The topological polar surface area (TPSA) is 91.3 Å². The standard InChI is InChI=1S/C21H22N4O3/c1-24(2)16-8-10-20-18(12-16)17-11-14(5-9-19(17)23-20)22-21(26)13-3-6-15(7-4-13)25(27)28/h3-7,9,11,16,23H,8,10,12H2,1-2H3,(H,22,26). The fraction of sp³-hybridized carbons (Fsp3) is 0.286. The summed E-state index contributed by atoms with van der Waals surface area (Å²) in [5.74, 6) is -0.287. The van der Waals surface area contributed by atoms with Crippen LogP contribution in [0.4, 0.5) is 11.4 Å². The molecule has 4 rings (SSSR count). The van der Waals surface area contributed by atoms with Crippen LogP contribution in [-0.4, -0.2) is 40.9 Å². The molecule has 0 aliphatic heterocycles. The number of hydrogen-bond donors (Lipinski definition) is 2. The Hall–Kier alpha value is -3.19. The highest BCUT2D eigenvalue weighted by molar-refractivity contribution is 6.05. The van der Waals surface area contributed by atoms with Gasteiger partial charge in [0.25, 0.3) is 11.6 Å². The Morgan fingerprint density at radius 1 is 1.21 bits per heavy atom. The summed E-state index contributed by atoms with van der Waals surface area (Å²) in [6.45, 7) is 0. The van der Waals surface area contributed by atoms with E-state index < -0.39 is 4.92 Å². The lowest BCUT2D eigenvalue weighted by Gasteiger charge is -2.28. The van der Waals surface area contributed by atoms with Gasteiger partial charge in [0.15, 0.2) is 0 Å². The number of hydrogen-bond acceptors (Lipinski definition) is 4. The van der Waals surface area contributed by atoms with Crippen molar-refractivity contribution in [3.8, 4) is 0 Å². The Morgan fingerprint density at radius 3 is 2.64 bits per heavy atom. The summed E-state index contributed by atoms with van der Waals surface area (Å²) in [5.41, 5.74) is 4.75. The normalized spacial score (nSPS) is 16.2. The molecular formula is C21H22N4O3. The van der Waals surface area contributed by atoms with Crippen LogP contribution in [0.2, 0.25) is 0 Å². The van der Waals surface area contributed by atoms with Gasteiger partial charge in [-0.1, -0.05) is 0 Å². The zero-order valence-corrected chi connectivity index (χ0v) is 15.9. The molecule has 0 radical (unpaired) electrons. The molecule has 1 atom stereocenters. The third-order valence-corrected chi connectivity index (χ3v) is 5.49. The molecule has 144 valence electrons. The van der Waals surface area contributed by atoms with Crippen LogP contribution in [0.1, 0.15) is 28.0 Å². The number of non-ortho nitro benzene ring substituents is 1. The average Bonchev–Trinajstić information content (AvgIpc) is 3.05. The number of H-pyrrole nitrogens is 1. The van der Waals surface area contributed by atoms with E-state index in [9.17, 15) is 14.9 Å². The van der Waals surface area contributed by atoms with Gasteiger partial charge < -0.3 is 15.2 Å². The number of nitro groups is 1. The number of carbonyl (C=O) groups excluding carboxylic acids is 1. The molecule has 2 aromatic carbocycles. The van der Waals surface area contributed by atoms with Gasteiger partial charge in [0.2, 0.25) is 0 Å². The Labute approximate surface area is 162 Å². The minimum absolute atomic E-state index is 0.0348. The molecule has 0 spiro atoms. The highest BCUT2D eigenvalue weighted by Gasteiger charge is 2.24. The number of carbonyl (C=O) groups is 1. The van der Waals surface area contributed by atoms with Crippen molar-refractivity contribution in [2.75, 3.05) is 19.4 Å². The molecule has 1 aliphatic rings. The van der Waals surface area contributed by atoms with Gasteiger partial charge in [-0.2, -0.15) is 0 Å². The third kappa shape index (κ3) is 3.36. The van der Waals surface area contributed by atoms with Gasteiger partial charge in [0.05, 0.1) is 4.92 Å². The number of nitrogens with zero attached hydrogens (tertiary/aromatic N) is 2. The molecule has 0 saturated carbocycles. The molecule has 1 aliphatic carbocycles. The largest absolute Gasteiger partial charge is 0.358 e. The van der Waals surface area contributed by atoms with Gasteiger partial charge in [-0.15, -0.1) is 0 Å². The van der Waals surface area contributed by atoms with Crippen molar-refractivity contribution in [1.29, 1.82) is 0 Å². The molecule has 28 heavy (non-hydrogen) atoms. The fourth-order valence-electron chi connectivity index (χ4n) is 3.85. The van der Waals surface area contributed by atoms with Gasteiger partial charge in [0, 0.05) is 46.0 Å². The molecule has 7 nitrogen and oxygen atoms in total. The Bertz CT molecular complexity index is 1050. The highest BCUT2D eigenvalue weighted by Crippen LogP contribution is 2.32. The zero-order valence-electron chi connectivity index (χ0n) is 15.9. The van der Waals surface area contributed by atoms with Crippen molar-refractivity contribution in [2.45, 2.75) is 25.3 Å². The van der Waals surface area contributed by atoms with Crippen molar-refractivity contribution in [3.05, 3.63) is 69.4 Å². The van der Waals surface area contributed by atoms with E-state index in [0.29, 0.717) is 17.3 Å². The lowest BCUT2D eigenvalue weighted by molar-refractivity contribution is -0.384. The summed E-state index contributed by atoms with van der Waals surface area (Å²) in [6.07, 6.45) is 3.15. The maximum atomic E-state index is 12.5. The van der Waals surface area contributed by atoms with Crippen LogP contribution in [0.5, 0.6) is 0 Å². The molecule has 1 aromatic heterocycles. The summed E-state index contributed by atoms with van der Waals surface area (Å²) in [6, 6.07) is 12.0. The van der Waals surface area contributed by atoms with Crippen LogP contribution < -0.4 is 5.32 Å². The third-order valence-electron chi connectivity index (χ3n) is 5.49. The molecule has 1 amide bonds. The highest BCUT2D eigenvalue weighted by atomic mass is 16.6. The average molecular weight is 378 g/mol. The molecule has 0 bridgehead atoms. The number of nitrogens with one attached hydrogen (secondary N) is 2. The lowest BCUT2D eigenvalue weighted by atomic mass is 9.91. The lowest BCUT2D eigenvalue weighted by Crippen LogP contribution is -2.33. The van der Waals surface area contributed by atoms with Crippen molar-refractivity contribution >= 4 is 28.2 Å². The monoisotopic (exact) mass is 378 g/mol. The fourth-order valence-corrected chi connectivity index (χ4v) is 3.85. The number of benzene rings is 2. The molecule has 0 saturated heterocycles. The van der Waals surface area contributed by atoms with E-state index in [-0.39, 0.29) is 11.6 Å². The van der Waals surface area contributed by atoms with E-state index in [1.54, 1.807) is 0 Å². The molecule has 7 heteroatoms. The van der Waals surface area contributed by atoms with Crippen LogP contribution in [-0.2, 0) is 12.8 Å². The van der Waals surface area contributed by atoms with Gasteiger partial charge in [-0.05, 0) is 69.3 Å². The van der Waals surface area contributed by atoms with Gasteiger partial charge in [-0.25, -0.2) is 0 Å². The number of aromatic nitrogens is 1. The van der Waals surface area contributed by atoms with Gasteiger partial charge in [-0.3, -0.25) is 14.9 Å². The Morgan fingerprint density at radius 2 is 1.96 bits per heavy atom. The quantitative estimate of drug-likeness (QED) is 0.534.